The molecule has 0 saturated carbocycles. The van der Waals surface area contributed by atoms with Crippen LogP contribution in [0.25, 0.3) is 0 Å². The molecule has 4 aromatic carbocycles. The lowest BCUT2D eigenvalue weighted by Gasteiger charge is -2.11. The first-order valence-corrected chi connectivity index (χ1v) is 12.0. The van der Waals surface area contributed by atoms with Crippen LogP contribution in [-0.4, -0.2) is 16.8 Å². The van der Waals surface area contributed by atoms with Crippen molar-refractivity contribution in [3.8, 4) is 11.5 Å². The summed E-state index contributed by atoms with van der Waals surface area (Å²) in [5.41, 5.74) is 2.53. The summed E-state index contributed by atoms with van der Waals surface area (Å²) in [6.07, 6.45) is 0. The van der Waals surface area contributed by atoms with E-state index in [0.29, 0.717) is 16.6 Å². The molecule has 170 valence electrons. The normalized spacial score (nSPS) is 10.2. The van der Waals surface area contributed by atoms with Crippen LogP contribution in [0.3, 0.4) is 0 Å². The van der Waals surface area contributed by atoms with E-state index in [1.165, 1.54) is 11.8 Å². The minimum atomic E-state index is -0.0721. The maximum Gasteiger partial charge on any atom is 0.234 e. The smallest absolute Gasteiger partial charge is 0.234 e. The molecular weight excluding hydrogens is 462 g/mol. The van der Waals surface area contributed by atoms with Crippen LogP contribution in [0.1, 0.15) is 0 Å². The van der Waals surface area contributed by atoms with Crippen molar-refractivity contribution in [1.82, 2.24) is 0 Å². The molecule has 0 bridgehead atoms. The Kier molecular flexibility index (Phi) is 8.16. The zero-order chi connectivity index (χ0) is 23.6. The quantitative estimate of drug-likeness (QED) is 0.184. The number of carbonyl (C=O) groups excluding carboxylic acids is 1. The molecule has 0 radical (unpaired) electrons. The Morgan fingerprint density at radius 1 is 0.647 bits per heavy atom. The Balaban J connectivity index is 1.21. The van der Waals surface area contributed by atoms with E-state index in [0.717, 1.165) is 27.7 Å². The maximum atomic E-state index is 12.3. The van der Waals surface area contributed by atoms with E-state index >= 15 is 0 Å². The molecule has 0 spiro atoms. The first-order chi connectivity index (χ1) is 16.6. The van der Waals surface area contributed by atoms with Gasteiger partial charge in [-0.05, 0) is 85.0 Å². The number of anilines is 3. The van der Waals surface area contributed by atoms with E-state index in [1.807, 2.05) is 109 Å². The molecule has 0 aliphatic rings. The Morgan fingerprint density at radius 3 is 1.79 bits per heavy atom. The molecule has 0 aromatic heterocycles. The average Bonchev–Trinajstić information content (AvgIpc) is 2.86. The summed E-state index contributed by atoms with van der Waals surface area (Å²) >= 11 is 6.82. The highest BCUT2D eigenvalue weighted by Gasteiger charge is 2.06. The zero-order valence-corrected chi connectivity index (χ0v) is 19.9. The Bertz CT molecular complexity index is 1220. The third-order valence-electron chi connectivity index (χ3n) is 4.63. The molecule has 0 aliphatic carbocycles. The number of hydrogen-bond donors (Lipinski definition) is 3. The second-order valence-corrected chi connectivity index (χ2v) is 8.70. The van der Waals surface area contributed by atoms with Crippen LogP contribution in [0.5, 0.6) is 11.5 Å². The molecule has 0 aliphatic heterocycles. The van der Waals surface area contributed by atoms with Gasteiger partial charge in [0.2, 0.25) is 5.91 Å². The predicted octanol–water partition coefficient (Wildman–Crippen LogP) is 7.02. The fourth-order valence-electron chi connectivity index (χ4n) is 3.03. The molecular formula is C27H23N3O2S2. The molecule has 0 heterocycles. The summed E-state index contributed by atoms with van der Waals surface area (Å²) in [7, 11) is 0. The average molecular weight is 486 g/mol. The second kappa shape index (κ2) is 11.9. The fourth-order valence-corrected chi connectivity index (χ4v) is 3.96. The molecule has 0 atom stereocenters. The zero-order valence-electron chi connectivity index (χ0n) is 18.2. The minimum Gasteiger partial charge on any atom is -0.457 e. The van der Waals surface area contributed by atoms with Gasteiger partial charge in [-0.15, -0.1) is 11.8 Å². The number of thioether (sulfide) groups is 1. The van der Waals surface area contributed by atoms with Crippen molar-refractivity contribution in [2.75, 3.05) is 21.7 Å². The van der Waals surface area contributed by atoms with Crippen molar-refractivity contribution in [2.45, 2.75) is 4.90 Å². The van der Waals surface area contributed by atoms with Crippen LogP contribution in [0, 0.1) is 0 Å². The minimum absolute atomic E-state index is 0.0721. The summed E-state index contributed by atoms with van der Waals surface area (Å²) in [5.74, 6) is 1.72. The predicted molar refractivity (Wildman–Crippen MR) is 145 cm³/mol. The Morgan fingerprint density at radius 2 is 1.15 bits per heavy atom. The molecule has 0 fully saturated rings. The molecule has 0 saturated heterocycles. The van der Waals surface area contributed by atoms with Crippen LogP contribution >= 0.6 is 24.0 Å². The van der Waals surface area contributed by atoms with Gasteiger partial charge in [0.1, 0.15) is 11.5 Å². The summed E-state index contributed by atoms with van der Waals surface area (Å²) in [5, 5.41) is 9.72. The molecule has 3 N–H and O–H groups in total. The molecule has 0 unspecified atom stereocenters. The number of para-hydroxylation sites is 2. The number of thiocarbonyl (C=S) groups is 1. The third-order valence-corrected chi connectivity index (χ3v) is 5.85. The van der Waals surface area contributed by atoms with Gasteiger partial charge in [0.15, 0.2) is 5.11 Å². The van der Waals surface area contributed by atoms with Crippen LogP contribution in [0.2, 0.25) is 0 Å². The summed E-state index contributed by atoms with van der Waals surface area (Å²) in [6.45, 7) is 0. The van der Waals surface area contributed by atoms with E-state index in [4.69, 9.17) is 17.0 Å². The van der Waals surface area contributed by atoms with Gasteiger partial charge in [-0.25, -0.2) is 0 Å². The van der Waals surface area contributed by atoms with Crippen LogP contribution in [-0.2, 0) is 4.79 Å². The number of rotatable bonds is 8. The van der Waals surface area contributed by atoms with Crippen molar-refractivity contribution in [3.63, 3.8) is 0 Å². The lowest BCUT2D eigenvalue weighted by atomic mass is 10.3. The van der Waals surface area contributed by atoms with Gasteiger partial charge < -0.3 is 20.7 Å². The van der Waals surface area contributed by atoms with Crippen molar-refractivity contribution >= 4 is 52.1 Å². The molecule has 5 nitrogen and oxygen atoms in total. The van der Waals surface area contributed by atoms with E-state index in [9.17, 15) is 4.79 Å². The molecule has 4 aromatic rings. The van der Waals surface area contributed by atoms with Gasteiger partial charge in [0, 0.05) is 22.0 Å². The second-order valence-electron chi connectivity index (χ2n) is 7.25. The van der Waals surface area contributed by atoms with Gasteiger partial charge in [-0.3, -0.25) is 4.79 Å². The molecule has 1 amide bonds. The van der Waals surface area contributed by atoms with Gasteiger partial charge >= 0.3 is 0 Å². The van der Waals surface area contributed by atoms with Gasteiger partial charge in [0.05, 0.1) is 5.75 Å². The third kappa shape index (κ3) is 7.37. The number of nitrogens with one attached hydrogen (secondary N) is 3. The summed E-state index contributed by atoms with van der Waals surface area (Å²) in [6, 6.07) is 34.4. The monoisotopic (exact) mass is 485 g/mol. The van der Waals surface area contributed by atoms with E-state index in [1.54, 1.807) is 0 Å². The van der Waals surface area contributed by atoms with E-state index in [-0.39, 0.29) is 5.91 Å². The van der Waals surface area contributed by atoms with Crippen LogP contribution in [0.15, 0.2) is 114 Å². The highest BCUT2D eigenvalue weighted by atomic mass is 32.2. The molecule has 7 heteroatoms. The van der Waals surface area contributed by atoms with Crippen molar-refractivity contribution in [2.24, 2.45) is 0 Å². The van der Waals surface area contributed by atoms with E-state index in [2.05, 4.69) is 16.0 Å². The van der Waals surface area contributed by atoms with Crippen LogP contribution < -0.4 is 20.7 Å². The lowest BCUT2D eigenvalue weighted by Crippen LogP contribution is -2.18. The number of ether oxygens (including phenoxy) is 1. The standard InChI is InChI=1S/C27H23N3O2S2/c31-26(28-21-11-15-24(16-12-21)32-23-9-5-2-6-10-23)19-34-25-17-13-22(14-18-25)30-27(33)29-20-7-3-1-4-8-20/h1-18H,19H2,(H,28,31)(H2,29,30,33). The summed E-state index contributed by atoms with van der Waals surface area (Å²) in [4.78, 5) is 13.3. The van der Waals surface area contributed by atoms with Crippen LogP contribution in [0.4, 0.5) is 17.1 Å². The molecule has 34 heavy (non-hydrogen) atoms. The highest BCUT2D eigenvalue weighted by molar-refractivity contribution is 8.00. The molecule has 4 rings (SSSR count). The lowest BCUT2D eigenvalue weighted by molar-refractivity contribution is -0.113. The Hall–Kier alpha value is -3.81. The SMILES string of the molecule is O=C(CSc1ccc(NC(=S)Nc2ccccc2)cc1)Nc1ccc(Oc2ccccc2)cc1. The first-order valence-electron chi connectivity index (χ1n) is 10.6. The van der Waals surface area contributed by atoms with Gasteiger partial charge in [-0.2, -0.15) is 0 Å². The highest BCUT2D eigenvalue weighted by Crippen LogP contribution is 2.24. The van der Waals surface area contributed by atoms with Crippen molar-refractivity contribution < 1.29 is 9.53 Å². The maximum absolute atomic E-state index is 12.3. The fraction of sp³-hybridized carbons (Fsp3) is 0.0370. The Labute approximate surface area is 208 Å². The first kappa shape index (κ1) is 23.4. The summed E-state index contributed by atoms with van der Waals surface area (Å²) < 4.78 is 5.77. The number of hydrogen-bond acceptors (Lipinski definition) is 4. The van der Waals surface area contributed by atoms with Crippen molar-refractivity contribution in [1.29, 1.82) is 0 Å². The van der Waals surface area contributed by atoms with Gasteiger partial charge in [0.25, 0.3) is 0 Å². The number of amides is 1. The topological polar surface area (TPSA) is 62.4 Å². The van der Waals surface area contributed by atoms with E-state index < -0.39 is 0 Å². The van der Waals surface area contributed by atoms with Gasteiger partial charge in [-0.1, -0.05) is 36.4 Å². The number of carbonyl (C=O) groups is 1. The largest absolute Gasteiger partial charge is 0.457 e. The van der Waals surface area contributed by atoms with Crippen molar-refractivity contribution in [3.05, 3.63) is 109 Å². The number of benzene rings is 4.